The van der Waals surface area contributed by atoms with Crippen LogP contribution in [0.15, 0.2) is 65.7 Å². The first-order chi connectivity index (χ1) is 46.8. The van der Waals surface area contributed by atoms with Crippen LogP contribution in [0.25, 0.3) is 16.9 Å². The quantitative estimate of drug-likeness (QED) is 0.102. The second kappa shape index (κ2) is 28.8. The van der Waals surface area contributed by atoms with Gasteiger partial charge in [0.05, 0.1) is 58.1 Å². The molecule has 6 saturated heterocycles. The molecule has 1 aromatic carbocycles. The molecular formula is C69H86Cl2N20O6. The summed E-state index contributed by atoms with van der Waals surface area (Å²) in [5.74, 6) is 4.80. The summed E-state index contributed by atoms with van der Waals surface area (Å²) in [5.41, 5.74) is 9.90. The molecule has 6 fully saturated rings. The monoisotopic (exact) mass is 1360 g/mol. The van der Waals surface area contributed by atoms with E-state index in [4.69, 9.17) is 63.2 Å². The molecule has 6 aliphatic rings. The third-order valence-corrected chi connectivity index (χ3v) is 20.3. The van der Waals surface area contributed by atoms with Crippen LogP contribution in [0.1, 0.15) is 187 Å². The molecule has 0 bridgehead atoms. The van der Waals surface area contributed by atoms with Gasteiger partial charge in [-0.3, -0.25) is 14.4 Å². The van der Waals surface area contributed by atoms with E-state index in [9.17, 15) is 19.5 Å². The fourth-order valence-corrected chi connectivity index (χ4v) is 15.0. The van der Waals surface area contributed by atoms with Crippen molar-refractivity contribution in [1.29, 1.82) is 0 Å². The zero-order valence-electron chi connectivity index (χ0n) is 56.3. The van der Waals surface area contributed by atoms with Gasteiger partial charge in [-0.05, 0) is 157 Å². The molecule has 9 aromatic rings. The molecule has 14 heterocycles. The highest BCUT2D eigenvalue weighted by molar-refractivity contribution is 6.32. The highest BCUT2D eigenvalue weighted by Crippen LogP contribution is 2.38. The summed E-state index contributed by atoms with van der Waals surface area (Å²) >= 11 is 12.1. The number of benzene rings is 1. The Morgan fingerprint density at radius 3 is 1.41 bits per heavy atom. The van der Waals surface area contributed by atoms with Crippen molar-refractivity contribution in [2.24, 2.45) is 17.8 Å². The zero-order valence-corrected chi connectivity index (χ0v) is 57.8. The second-order valence-corrected chi connectivity index (χ2v) is 28.1. The Bertz CT molecular complexity index is 4360. The molecule has 15 rings (SSSR count). The van der Waals surface area contributed by atoms with Crippen LogP contribution in [0.5, 0.6) is 5.75 Å². The Kier molecular flexibility index (Phi) is 19.8. The molecule has 512 valence electrons. The molecule has 0 radical (unpaired) electrons. The number of carbonyl (C=O) groups excluding carboxylic acids is 3. The van der Waals surface area contributed by atoms with Crippen LogP contribution >= 0.6 is 23.2 Å². The summed E-state index contributed by atoms with van der Waals surface area (Å²) in [6.07, 6.45) is 18.1. The number of nitrogens with zero attached hydrogens (tertiary/aromatic N) is 19. The molecule has 97 heavy (non-hydrogen) atoms. The van der Waals surface area contributed by atoms with Gasteiger partial charge in [-0.25, -0.2) is 33.1 Å². The minimum absolute atomic E-state index is 0.0813. The second-order valence-electron chi connectivity index (χ2n) is 27.4. The van der Waals surface area contributed by atoms with Gasteiger partial charge >= 0.3 is 0 Å². The van der Waals surface area contributed by atoms with Crippen molar-refractivity contribution in [3.05, 3.63) is 128 Å². The number of phenolic OH excluding ortho intramolecular Hbond substituents is 1. The molecule has 6 atom stereocenters. The number of aromatic hydroxyl groups is 1. The number of likely N-dealkylation sites (tertiary alicyclic amines) is 3. The van der Waals surface area contributed by atoms with Gasteiger partial charge < -0.3 is 44.9 Å². The van der Waals surface area contributed by atoms with Crippen LogP contribution in [-0.4, -0.2) is 179 Å². The van der Waals surface area contributed by atoms with Crippen LogP contribution < -0.4 is 20.0 Å². The van der Waals surface area contributed by atoms with E-state index in [0.29, 0.717) is 54.2 Å². The van der Waals surface area contributed by atoms with E-state index in [-0.39, 0.29) is 76.4 Å². The number of phenols is 1. The summed E-state index contributed by atoms with van der Waals surface area (Å²) in [5, 5.41) is 52.2. The Morgan fingerprint density at radius 1 is 0.546 bits per heavy atom. The lowest BCUT2D eigenvalue weighted by Crippen LogP contribution is -2.39. The molecule has 8 aromatic heterocycles. The van der Waals surface area contributed by atoms with Crippen LogP contribution in [0.4, 0.5) is 23.3 Å². The van der Waals surface area contributed by atoms with Crippen molar-refractivity contribution < 1.29 is 29.2 Å². The number of nitrogens with one attached hydrogen (secondary N) is 1. The number of hydrogen-bond acceptors (Lipinski definition) is 20. The first kappa shape index (κ1) is 66.8. The largest absolute Gasteiger partial charge is 0.506 e. The average molecular weight is 1360 g/mol. The predicted octanol–water partition coefficient (Wildman–Crippen LogP) is 10.7. The number of fused-ring (bicyclic) bond motifs is 3. The lowest BCUT2D eigenvalue weighted by molar-refractivity contribution is 0.0590. The van der Waals surface area contributed by atoms with E-state index in [1.807, 2.05) is 67.1 Å². The number of rotatable bonds is 12. The summed E-state index contributed by atoms with van der Waals surface area (Å²) in [6.45, 7) is 23.2. The van der Waals surface area contributed by atoms with Gasteiger partial charge in [0.2, 0.25) is 11.5 Å². The van der Waals surface area contributed by atoms with Crippen LogP contribution in [0.3, 0.4) is 0 Å². The number of anilines is 4. The number of hydrogen-bond donors (Lipinski definition) is 3. The zero-order chi connectivity index (χ0) is 67.8. The van der Waals surface area contributed by atoms with Gasteiger partial charge in [0.25, 0.3) is 17.7 Å². The third-order valence-electron chi connectivity index (χ3n) is 19.7. The molecule has 0 spiro atoms. The van der Waals surface area contributed by atoms with Gasteiger partial charge in [0.15, 0.2) is 22.1 Å². The first-order valence-electron chi connectivity index (χ1n) is 34.3. The molecule has 0 unspecified atom stereocenters. The molecule has 26 nitrogen and oxygen atoms in total. The number of amides is 3. The van der Waals surface area contributed by atoms with Crippen molar-refractivity contribution >= 4 is 81.1 Å². The van der Waals surface area contributed by atoms with Crippen molar-refractivity contribution in [2.45, 2.75) is 144 Å². The van der Waals surface area contributed by atoms with Gasteiger partial charge in [0, 0.05) is 124 Å². The summed E-state index contributed by atoms with van der Waals surface area (Å²) in [6, 6.07) is 12.0. The van der Waals surface area contributed by atoms with Crippen molar-refractivity contribution in [3.8, 4) is 5.75 Å². The highest BCUT2D eigenvalue weighted by Gasteiger charge is 2.37. The van der Waals surface area contributed by atoms with E-state index < -0.39 is 0 Å². The number of aromatic nitrogens is 13. The Hall–Kier alpha value is -8.75. The summed E-state index contributed by atoms with van der Waals surface area (Å²) in [4.78, 5) is 67.5. The number of aliphatic hydroxyl groups excluding tert-OH is 1. The lowest BCUT2D eigenvalue weighted by Gasteiger charge is -2.34. The third kappa shape index (κ3) is 14.2. The minimum Gasteiger partial charge on any atom is -0.506 e. The minimum atomic E-state index is -0.255. The Labute approximate surface area is 573 Å². The van der Waals surface area contributed by atoms with Crippen molar-refractivity contribution in [2.75, 3.05) is 92.1 Å². The van der Waals surface area contributed by atoms with Crippen molar-refractivity contribution in [1.82, 2.24) is 79.0 Å². The average Bonchev–Trinajstić information content (AvgIpc) is 1.70. The molecule has 6 aliphatic heterocycles. The van der Waals surface area contributed by atoms with Crippen molar-refractivity contribution in [3.63, 3.8) is 0 Å². The van der Waals surface area contributed by atoms with E-state index in [1.54, 1.807) is 23.1 Å². The molecule has 3 N–H and O–H groups in total. The molecule has 3 amide bonds. The topological polar surface area (TPSA) is 278 Å². The van der Waals surface area contributed by atoms with Gasteiger partial charge in [0.1, 0.15) is 23.2 Å². The normalized spacial score (nSPS) is 21.4. The number of aryl methyl sites for hydroxylation is 4. The van der Waals surface area contributed by atoms with Crippen LogP contribution in [0.2, 0.25) is 10.2 Å². The maximum absolute atomic E-state index is 13.4. The number of aliphatic hydroxyl groups is 1. The van der Waals surface area contributed by atoms with Gasteiger partial charge in [-0.1, -0.05) is 44.0 Å². The first-order valence-corrected chi connectivity index (χ1v) is 35.1. The Morgan fingerprint density at radius 2 is 0.990 bits per heavy atom. The van der Waals surface area contributed by atoms with Gasteiger partial charge in [-0.2, -0.15) is 20.4 Å². The van der Waals surface area contributed by atoms with Crippen LogP contribution in [0, 0.1) is 45.4 Å². The summed E-state index contributed by atoms with van der Waals surface area (Å²) in [7, 11) is 0. The standard InChI is InChI=1S/C24H28ClN5O2.C23H28ClN7O.C22H30N8O3/c1-15-8-10-28(13-15)23-16(2)14-30-22(26-23)12-19(27-30)20-5-3-4-9-29(20)24(32)17-6-7-18(25)21(31)11-17;1-14-7-9-29(12-14)22-15(2)13-31-20(25-22)11-18(28-31)19-6-4-5-8-30(19)23(32)17-10-16(3)26-27-21(17)24;1-14-6-9-28(12-14)21-15(2)13-30-18(24-21)11-16(25-30)17-5-3-4-8-29(17)22(32)19-20(23-7-10-31)27-33-26-19/h6-7,11-12,14-15,20,31H,3-5,8-10,13H2,1-2H3;10-11,13-14,19H,4-9,12H2,1-3H3;11,13-14,17,31H,3-10,12H2,1-2H3,(H,23,27)/t15-,20-;14-,19-;14-,17-/m000/s1. The highest BCUT2D eigenvalue weighted by atomic mass is 35.5. The van der Waals surface area contributed by atoms with E-state index in [0.717, 1.165) is 165 Å². The molecular weight excluding hydrogens is 1280 g/mol. The van der Waals surface area contributed by atoms with Gasteiger partial charge in [-0.15, -0.1) is 5.10 Å². The maximum Gasteiger partial charge on any atom is 0.280 e. The fourth-order valence-electron chi connectivity index (χ4n) is 14.7. The molecule has 28 heteroatoms. The van der Waals surface area contributed by atoms with E-state index in [1.165, 1.54) is 25.3 Å². The number of carbonyl (C=O) groups is 3. The van der Waals surface area contributed by atoms with Crippen LogP contribution in [-0.2, 0) is 0 Å². The smallest absolute Gasteiger partial charge is 0.280 e. The Balaban J connectivity index is 0.000000131. The summed E-state index contributed by atoms with van der Waals surface area (Å²) < 4.78 is 10.3. The lowest BCUT2D eigenvalue weighted by atomic mass is 9.98. The van der Waals surface area contributed by atoms with E-state index >= 15 is 0 Å². The SMILES string of the molecule is Cc1cc(C(=O)N2CCCC[C@H]2c2cc3nc(N4CC[C@H](C)C4)c(C)cn3n2)c(Cl)nn1.Cc1cn2nc([C@@H]3CCCCN3C(=O)c3ccc(Cl)c(O)c3)cc2nc1N1CC[C@H](C)C1.Cc1cn2nc([C@@H]3CCCCN3C(=O)c3nonc3NCCO)cc2nc1N1CC[C@H](C)C1. The number of halogens is 2. The molecule has 0 saturated carbocycles. The number of piperidine rings is 3. The predicted molar refractivity (Wildman–Crippen MR) is 369 cm³/mol. The molecule has 0 aliphatic carbocycles. The fraction of sp³-hybridized carbons (Fsp3) is 0.522. The maximum atomic E-state index is 13.4. The van der Waals surface area contributed by atoms with E-state index in [2.05, 4.69) is 82.1 Å².